The van der Waals surface area contributed by atoms with E-state index in [2.05, 4.69) is 13.2 Å². The third kappa shape index (κ3) is 2.03. The highest BCUT2D eigenvalue weighted by Gasteiger charge is 2.11. The smallest absolute Gasteiger partial charge is 0.119 e. The van der Waals surface area contributed by atoms with E-state index in [0.717, 1.165) is 0 Å². The topological polar surface area (TPSA) is 40.5 Å². The Morgan fingerprint density at radius 1 is 1.36 bits per heavy atom. The summed E-state index contributed by atoms with van der Waals surface area (Å²) in [6.45, 7) is 7.12. The van der Waals surface area contributed by atoms with E-state index >= 15 is 0 Å². The molecule has 2 heteroatoms. The molecule has 0 bridgehead atoms. The van der Waals surface area contributed by atoms with Crippen LogP contribution < -0.4 is 0 Å². The molecule has 1 rings (SSSR count). The standard InChI is InChI=1S/C12H14O2/c1-3-6-9-10(11(13)4-2)7-5-8-12(9)14/h3-5,7-8,11,13-14H,1-2,6H2. The molecule has 14 heavy (non-hydrogen) atoms. The number of rotatable bonds is 4. The van der Waals surface area contributed by atoms with Gasteiger partial charge in [-0.15, -0.1) is 13.2 Å². The van der Waals surface area contributed by atoms with Gasteiger partial charge in [-0.05, 0) is 18.1 Å². The summed E-state index contributed by atoms with van der Waals surface area (Å²) < 4.78 is 0. The molecule has 1 unspecified atom stereocenters. The summed E-state index contributed by atoms with van der Waals surface area (Å²) >= 11 is 0. The van der Waals surface area contributed by atoms with Crippen LogP contribution in [0.1, 0.15) is 17.2 Å². The van der Waals surface area contributed by atoms with Gasteiger partial charge < -0.3 is 10.2 Å². The van der Waals surface area contributed by atoms with Gasteiger partial charge in [0, 0.05) is 5.56 Å². The fourth-order valence-corrected chi connectivity index (χ4v) is 1.36. The molecular weight excluding hydrogens is 176 g/mol. The van der Waals surface area contributed by atoms with Crippen LogP contribution in [0, 0.1) is 0 Å². The average Bonchev–Trinajstić information content (AvgIpc) is 2.20. The summed E-state index contributed by atoms with van der Waals surface area (Å²) in [6, 6.07) is 5.06. The van der Waals surface area contributed by atoms with Crippen LogP contribution in [-0.2, 0) is 6.42 Å². The van der Waals surface area contributed by atoms with Crippen molar-refractivity contribution >= 4 is 0 Å². The van der Waals surface area contributed by atoms with Crippen LogP contribution in [0.3, 0.4) is 0 Å². The van der Waals surface area contributed by atoms with Crippen LogP contribution in [0.25, 0.3) is 0 Å². The van der Waals surface area contributed by atoms with Gasteiger partial charge in [0.2, 0.25) is 0 Å². The van der Waals surface area contributed by atoms with Gasteiger partial charge in [-0.1, -0.05) is 24.3 Å². The molecule has 2 N–H and O–H groups in total. The zero-order valence-electron chi connectivity index (χ0n) is 7.98. The molecule has 0 aliphatic heterocycles. The third-order valence-electron chi connectivity index (χ3n) is 2.08. The van der Waals surface area contributed by atoms with E-state index in [-0.39, 0.29) is 5.75 Å². The van der Waals surface area contributed by atoms with Crippen molar-refractivity contribution in [1.29, 1.82) is 0 Å². The average molecular weight is 190 g/mol. The molecule has 1 atom stereocenters. The Labute approximate surface area is 83.8 Å². The van der Waals surface area contributed by atoms with Crippen LogP contribution in [0.15, 0.2) is 43.5 Å². The summed E-state index contributed by atoms with van der Waals surface area (Å²) in [5.41, 5.74) is 1.38. The zero-order valence-corrected chi connectivity index (χ0v) is 7.98. The van der Waals surface area contributed by atoms with Gasteiger partial charge in [0.15, 0.2) is 0 Å². The number of aliphatic hydroxyl groups excluding tert-OH is 1. The lowest BCUT2D eigenvalue weighted by Gasteiger charge is -2.12. The number of benzene rings is 1. The van der Waals surface area contributed by atoms with Crippen LogP contribution >= 0.6 is 0 Å². The Hall–Kier alpha value is -1.54. The molecular formula is C12H14O2. The lowest BCUT2D eigenvalue weighted by molar-refractivity contribution is 0.227. The number of aliphatic hydroxyl groups is 1. The van der Waals surface area contributed by atoms with E-state index in [4.69, 9.17) is 0 Å². The molecule has 0 fully saturated rings. The zero-order chi connectivity index (χ0) is 10.6. The van der Waals surface area contributed by atoms with E-state index in [1.54, 1.807) is 24.3 Å². The number of allylic oxidation sites excluding steroid dienone is 1. The Balaban J connectivity index is 3.19. The molecule has 1 aromatic rings. The highest BCUT2D eigenvalue weighted by atomic mass is 16.3. The van der Waals surface area contributed by atoms with Crippen LogP contribution in [0.2, 0.25) is 0 Å². The van der Waals surface area contributed by atoms with Crippen molar-refractivity contribution in [1.82, 2.24) is 0 Å². The molecule has 0 radical (unpaired) electrons. The molecule has 0 aliphatic rings. The highest BCUT2D eigenvalue weighted by Crippen LogP contribution is 2.27. The lowest BCUT2D eigenvalue weighted by atomic mass is 9.99. The summed E-state index contributed by atoms with van der Waals surface area (Å²) in [4.78, 5) is 0. The first-order valence-corrected chi connectivity index (χ1v) is 4.43. The fraction of sp³-hybridized carbons (Fsp3) is 0.167. The van der Waals surface area contributed by atoms with Crippen molar-refractivity contribution in [2.24, 2.45) is 0 Å². The van der Waals surface area contributed by atoms with Gasteiger partial charge in [0.1, 0.15) is 5.75 Å². The van der Waals surface area contributed by atoms with Gasteiger partial charge in [-0.25, -0.2) is 0 Å². The van der Waals surface area contributed by atoms with Crippen molar-refractivity contribution in [3.05, 3.63) is 54.6 Å². The molecule has 0 heterocycles. The molecule has 0 aromatic heterocycles. The fourth-order valence-electron chi connectivity index (χ4n) is 1.36. The molecule has 0 aliphatic carbocycles. The van der Waals surface area contributed by atoms with Gasteiger partial charge in [0.05, 0.1) is 6.10 Å². The Morgan fingerprint density at radius 3 is 2.64 bits per heavy atom. The number of aromatic hydroxyl groups is 1. The van der Waals surface area contributed by atoms with Gasteiger partial charge in [0.25, 0.3) is 0 Å². The Morgan fingerprint density at radius 2 is 2.07 bits per heavy atom. The maximum absolute atomic E-state index is 9.60. The van der Waals surface area contributed by atoms with Crippen molar-refractivity contribution in [2.75, 3.05) is 0 Å². The van der Waals surface area contributed by atoms with Crippen molar-refractivity contribution in [2.45, 2.75) is 12.5 Å². The van der Waals surface area contributed by atoms with Crippen LogP contribution in [0.5, 0.6) is 5.75 Å². The molecule has 1 aromatic carbocycles. The van der Waals surface area contributed by atoms with E-state index < -0.39 is 6.10 Å². The second-order valence-electron chi connectivity index (χ2n) is 3.02. The van der Waals surface area contributed by atoms with Crippen molar-refractivity contribution in [3.63, 3.8) is 0 Å². The van der Waals surface area contributed by atoms with Crippen molar-refractivity contribution in [3.8, 4) is 5.75 Å². The molecule has 0 saturated heterocycles. The van der Waals surface area contributed by atoms with Gasteiger partial charge in [-0.2, -0.15) is 0 Å². The third-order valence-corrected chi connectivity index (χ3v) is 2.08. The van der Waals surface area contributed by atoms with E-state index in [1.165, 1.54) is 6.08 Å². The maximum atomic E-state index is 9.60. The minimum absolute atomic E-state index is 0.184. The summed E-state index contributed by atoms with van der Waals surface area (Å²) in [7, 11) is 0. The molecule has 0 spiro atoms. The number of phenolic OH excluding ortho intramolecular Hbond substituents is 1. The quantitative estimate of drug-likeness (QED) is 0.715. The van der Waals surface area contributed by atoms with E-state index in [0.29, 0.717) is 17.5 Å². The first-order chi connectivity index (χ1) is 6.70. The molecule has 2 nitrogen and oxygen atoms in total. The summed E-state index contributed by atoms with van der Waals surface area (Å²) in [6.07, 6.45) is 2.92. The maximum Gasteiger partial charge on any atom is 0.119 e. The van der Waals surface area contributed by atoms with Crippen LogP contribution in [-0.4, -0.2) is 10.2 Å². The van der Waals surface area contributed by atoms with E-state index in [1.807, 2.05) is 0 Å². The first kappa shape index (κ1) is 10.5. The summed E-state index contributed by atoms with van der Waals surface area (Å²) in [5.74, 6) is 0.184. The SMILES string of the molecule is C=CCc1c(O)cccc1C(O)C=C. The van der Waals surface area contributed by atoms with Crippen LogP contribution in [0.4, 0.5) is 0 Å². The number of hydrogen-bond donors (Lipinski definition) is 2. The monoisotopic (exact) mass is 190 g/mol. The largest absolute Gasteiger partial charge is 0.508 e. The highest BCUT2D eigenvalue weighted by molar-refractivity contribution is 5.42. The molecule has 0 saturated carbocycles. The van der Waals surface area contributed by atoms with Gasteiger partial charge >= 0.3 is 0 Å². The number of hydrogen-bond acceptors (Lipinski definition) is 2. The minimum Gasteiger partial charge on any atom is -0.508 e. The Kier molecular flexibility index (Phi) is 3.48. The molecule has 0 amide bonds. The van der Waals surface area contributed by atoms with Gasteiger partial charge in [-0.3, -0.25) is 0 Å². The lowest BCUT2D eigenvalue weighted by Crippen LogP contribution is -1.98. The predicted octanol–water partition coefficient (Wildman–Crippen LogP) is 2.34. The van der Waals surface area contributed by atoms with E-state index in [9.17, 15) is 10.2 Å². The second-order valence-corrected chi connectivity index (χ2v) is 3.02. The normalized spacial score (nSPS) is 12.1. The Bertz CT molecular complexity index is 342. The first-order valence-electron chi connectivity index (χ1n) is 4.43. The summed E-state index contributed by atoms with van der Waals surface area (Å²) in [5, 5.41) is 19.2. The number of phenols is 1. The minimum atomic E-state index is -0.739. The molecule has 74 valence electrons. The predicted molar refractivity (Wildman–Crippen MR) is 57.2 cm³/mol. The second kappa shape index (κ2) is 4.63. The van der Waals surface area contributed by atoms with Crippen molar-refractivity contribution < 1.29 is 10.2 Å².